The predicted molar refractivity (Wildman–Crippen MR) is 50.7 cm³/mol. The molecule has 0 aromatic carbocycles. The summed E-state index contributed by atoms with van der Waals surface area (Å²) < 4.78 is 0. The van der Waals surface area contributed by atoms with Crippen molar-refractivity contribution in [1.82, 2.24) is 10.2 Å². The van der Waals surface area contributed by atoms with Crippen LogP contribution >= 0.6 is 0 Å². The summed E-state index contributed by atoms with van der Waals surface area (Å²) in [5.41, 5.74) is 1.54. The second-order valence-electron chi connectivity index (χ2n) is 3.31. The molecule has 1 aromatic heterocycles. The van der Waals surface area contributed by atoms with Crippen LogP contribution in [-0.4, -0.2) is 16.0 Å². The van der Waals surface area contributed by atoms with Gasteiger partial charge in [0, 0.05) is 6.42 Å². The second kappa shape index (κ2) is 4.12. The highest BCUT2D eigenvalue weighted by molar-refractivity contribution is 5.93. The molecule has 0 spiro atoms. The zero-order valence-corrected chi connectivity index (χ0v) is 8.24. The van der Waals surface area contributed by atoms with Crippen LogP contribution in [0.4, 0.5) is 0 Å². The first kappa shape index (κ1) is 9.84. The average molecular weight is 178 g/mol. The lowest BCUT2D eigenvalue weighted by atomic mass is 10.0. The van der Waals surface area contributed by atoms with Crippen molar-refractivity contribution in [3.05, 3.63) is 23.5 Å². The fourth-order valence-electron chi connectivity index (χ4n) is 1.01. The number of hydrogen-bond donors (Lipinski definition) is 0. The van der Waals surface area contributed by atoms with Crippen molar-refractivity contribution in [1.29, 1.82) is 0 Å². The molecule has 70 valence electrons. The highest BCUT2D eigenvalue weighted by atomic mass is 16.1. The molecule has 1 rings (SSSR count). The lowest BCUT2D eigenvalue weighted by molar-refractivity contribution is 0.0982. The zero-order chi connectivity index (χ0) is 9.84. The Bertz CT molecular complexity index is 308. The van der Waals surface area contributed by atoms with E-state index < -0.39 is 0 Å². The summed E-state index contributed by atoms with van der Waals surface area (Å²) in [6.07, 6.45) is 2.19. The van der Waals surface area contributed by atoms with E-state index in [0.717, 1.165) is 5.56 Å². The van der Waals surface area contributed by atoms with Crippen molar-refractivity contribution in [2.75, 3.05) is 0 Å². The summed E-state index contributed by atoms with van der Waals surface area (Å²) in [5.74, 6) is 0.439. The number of rotatable bonds is 3. The minimum atomic E-state index is 0.0509. The Morgan fingerprint density at radius 3 is 2.77 bits per heavy atom. The van der Waals surface area contributed by atoms with E-state index in [1.165, 1.54) is 0 Å². The van der Waals surface area contributed by atoms with Crippen LogP contribution in [-0.2, 0) is 0 Å². The van der Waals surface area contributed by atoms with Gasteiger partial charge in [-0.2, -0.15) is 5.10 Å². The van der Waals surface area contributed by atoms with Gasteiger partial charge in [-0.1, -0.05) is 20.8 Å². The second-order valence-corrected chi connectivity index (χ2v) is 3.31. The molecule has 0 unspecified atom stereocenters. The first-order chi connectivity index (χ1) is 6.15. The Labute approximate surface area is 78.2 Å². The molecular weight excluding hydrogens is 164 g/mol. The molecule has 0 aliphatic rings. The first-order valence-electron chi connectivity index (χ1n) is 4.51. The maximum Gasteiger partial charge on any atom is 0.182 e. The van der Waals surface area contributed by atoms with E-state index in [1.807, 2.05) is 13.0 Å². The van der Waals surface area contributed by atoms with Crippen molar-refractivity contribution in [3.63, 3.8) is 0 Å². The minimum Gasteiger partial charge on any atom is -0.292 e. The fraction of sp³-hybridized carbons (Fsp3) is 0.500. The lowest BCUT2D eigenvalue weighted by Gasteiger charge is -2.04. The van der Waals surface area contributed by atoms with Gasteiger partial charge in [0.2, 0.25) is 0 Å². The molecule has 1 heterocycles. The molecule has 0 aliphatic carbocycles. The maximum atomic E-state index is 11.3. The predicted octanol–water partition coefficient (Wildman–Crippen LogP) is 2.19. The van der Waals surface area contributed by atoms with Crippen LogP contribution in [0.2, 0.25) is 0 Å². The quantitative estimate of drug-likeness (QED) is 0.666. The molecule has 1 aromatic rings. The van der Waals surface area contributed by atoms with Gasteiger partial charge in [0.15, 0.2) is 5.78 Å². The number of aromatic nitrogens is 2. The lowest BCUT2D eigenvalue weighted by Crippen LogP contribution is -2.03. The Balaban J connectivity index is 2.98. The Kier molecular flexibility index (Phi) is 3.12. The van der Waals surface area contributed by atoms with Gasteiger partial charge in [-0.05, 0) is 17.5 Å². The van der Waals surface area contributed by atoms with Crippen LogP contribution in [0.5, 0.6) is 0 Å². The van der Waals surface area contributed by atoms with Crippen molar-refractivity contribution < 1.29 is 4.79 Å². The van der Waals surface area contributed by atoms with E-state index >= 15 is 0 Å². The summed E-state index contributed by atoms with van der Waals surface area (Å²) >= 11 is 0. The molecule has 0 saturated carbocycles. The molecule has 0 N–H and O–H groups in total. The van der Waals surface area contributed by atoms with Crippen LogP contribution < -0.4 is 0 Å². The Morgan fingerprint density at radius 1 is 1.54 bits per heavy atom. The van der Waals surface area contributed by atoms with Crippen molar-refractivity contribution in [3.8, 4) is 0 Å². The van der Waals surface area contributed by atoms with E-state index in [1.54, 1.807) is 6.20 Å². The average Bonchev–Trinajstić information content (AvgIpc) is 2.17. The molecular formula is C10H14N2O. The van der Waals surface area contributed by atoms with Crippen LogP contribution in [0, 0.1) is 0 Å². The molecule has 0 atom stereocenters. The summed E-state index contributed by atoms with van der Waals surface area (Å²) in [6.45, 7) is 5.96. The summed E-state index contributed by atoms with van der Waals surface area (Å²) in [4.78, 5) is 11.3. The zero-order valence-electron chi connectivity index (χ0n) is 8.24. The first-order valence-corrected chi connectivity index (χ1v) is 4.51. The van der Waals surface area contributed by atoms with Crippen molar-refractivity contribution in [2.45, 2.75) is 33.1 Å². The monoisotopic (exact) mass is 178 g/mol. The van der Waals surface area contributed by atoms with E-state index in [4.69, 9.17) is 0 Å². The normalized spacial score (nSPS) is 10.5. The minimum absolute atomic E-state index is 0.0509. The summed E-state index contributed by atoms with van der Waals surface area (Å²) in [7, 11) is 0. The van der Waals surface area contributed by atoms with Gasteiger partial charge in [-0.3, -0.25) is 4.79 Å². The number of nitrogens with zero attached hydrogens (tertiary/aromatic N) is 2. The maximum absolute atomic E-state index is 11.3. The third kappa shape index (κ3) is 2.34. The SMILES string of the molecule is CCC(=O)c1cc(C(C)C)cnn1. The largest absolute Gasteiger partial charge is 0.292 e. The number of Topliss-reactive ketones (excluding diaryl/α,β-unsaturated/α-hetero) is 1. The van der Waals surface area contributed by atoms with Crippen LogP contribution in [0.3, 0.4) is 0 Å². The summed E-state index contributed by atoms with van der Waals surface area (Å²) in [5, 5.41) is 7.60. The van der Waals surface area contributed by atoms with E-state index in [-0.39, 0.29) is 5.78 Å². The fourth-order valence-corrected chi connectivity index (χ4v) is 1.01. The van der Waals surface area contributed by atoms with Crippen LogP contribution in [0.1, 0.15) is 49.2 Å². The highest BCUT2D eigenvalue weighted by Crippen LogP contribution is 2.13. The van der Waals surface area contributed by atoms with Gasteiger partial charge in [0.25, 0.3) is 0 Å². The number of carbonyl (C=O) groups excluding carboxylic acids is 1. The Hall–Kier alpha value is -1.25. The molecule has 0 radical (unpaired) electrons. The number of carbonyl (C=O) groups is 1. The molecule has 0 aliphatic heterocycles. The molecule has 3 nitrogen and oxygen atoms in total. The standard InChI is InChI=1S/C10H14N2O/c1-4-10(13)9-5-8(7(2)3)6-11-12-9/h5-7H,4H2,1-3H3. The molecule has 0 saturated heterocycles. The summed E-state index contributed by atoms with van der Waals surface area (Å²) in [6, 6.07) is 1.82. The van der Waals surface area contributed by atoms with Gasteiger partial charge in [0.1, 0.15) is 5.69 Å². The highest BCUT2D eigenvalue weighted by Gasteiger charge is 2.07. The third-order valence-corrected chi connectivity index (χ3v) is 1.95. The molecule has 13 heavy (non-hydrogen) atoms. The van der Waals surface area contributed by atoms with Crippen molar-refractivity contribution in [2.24, 2.45) is 0 Å². The van der Waals surface area contributed by atoms with Gasteiger partial charge < -0.3 is 0 Å². The Morgan fingerprint density at radius 2 is 2.23 bits per heavy atom. The van der Waals surface area contributed by atoms with Gasteiger partial charge in [0.05, 0.1) is 6.20 Å². The van der Waals surface area contributed by atoms with Crippen molar-refractivity contribution >= 4 is 5.78 Å². The van der Waals surface area contributed by atoms with Crippen LogP contribution in [0.25, 0.3) is 0 Å². The van der Waals surface area contributed by atoms with E-state index in [9.17, 15) is 4.79 Å². The van der Waals surface area contributed by atoms with E-state index in [0.29, 0.717) is 18.0 Å². The smallest absolute Gasteiger partial charge is 0.182 e. The molecule has 0 fully saturated rings. The number of ketones is 1. The molecule has 3 heteroatoms. The van der Waals surface area contributed by atoms with Gasteiger partial charge >= 0.3 is 0 Å². The van der Waals surface area contributed by atoms with Gasteiger partial charge in [-0.15, -0.1) is 5.10 Å². The number of hydrogen-bond acceptors (Lipinski definition) is 3. The van der Waals surface area contributed by atoms with E-state index in [2.05, 4.69) is 24.0 Å². The molecule has 0 amide bonds. The molecule has 0 bridgehead atoms. The topological polar surface area (TPSA) is 42.9 Å². The third-order valence-electron chi connectivity index (χ3n) is 1.95. The van der Waals surface area contributed by atoms with Crippen LogP contribution in [0.15, 0.2) is 12.3 Å². The van der Waals surface area contributed by atoms with Gasteiger partial charge in [-0.25, -0.2) is 0 Å².